The summed E-state index contributed by atoms with van der Waals surface area (Å²) in [6.45, 7) is 0. The number of pyridine rings is 1. The van der Waals surface area contributed by atoms with Crippen LogP contribution in [-0.2, 0) is 0 Å². The van der Waals surface area contributed by atoms with E-state index in [0.29, 0.717) is 22.2 Å². The van der Waals surface area contributed by atoms with Crippen molar-refractivity contribution in [1.82, 2.24) is 4.98 Å². The maximum absolute atomic E-state index is 10.7. The first kappa shape index (κ1) is 13.8. The Balaban J connectivity index is 2.25. The van der Waals surface area contributed by atoms with E-state index in [1.54, 1.807) is 36.5 Å². The molecule has 1 N–H and O–H groups in total. The lowest BCUT2D eigenvalue weighted by Gasteiger charge is -2.11. The van der Waals surface area contributed by atoms with Crippen LogP contribution in [0.25, 0.3) is 21.9 Å². The number of nitro benzene ring substituents is 1. The normalized spacial score (nSPS) is 10.6. The minimum atomic E-state index is -0.453. The number of hydrogen-bond acceptors (Lipinski definition) is 5. The van der Waals surface area contributed by atoms with Crippen molar-refractivity contribution < 1.29 is 14.8 Å². The highest BCUT2D eigenvalue weighted by atomic mass is 16.6. The van der Waals surface area contributed by atoms with E-state index in [0.717, 1.165) is 5.56 Å². The Morgan fingerprint density at radius 3 is 2.55 bits per heavy atom. The molecule has 0 radical (unpaired) electrons. The predicted octanol–water partition coefficient (Wildman–Crippen LogP) is 3.52. The smallest absolute Gasteiger partial charge is 0.269 e. The van der Waals surface area contributed by atoms with Gasteiger partial charge in [0.15, 0.2) is 0 Å². The molecule has 0 aliphatic carbocycles. The van der Waals surface area contributed by atoms with Crippen molar-refractivity contribution >= 4 is 16.5 Å². The summed E-state index contributed by atoms with van der Waals surface area (Å²) >= 11 is 0. The molecule has 1 heterocycles. The predicted molar refractivity (Wildman–Crippen MR) is 82.1 cm³/mol. The number of nitro groups is 1. The van der Waals surface area contributed by atoms with E-state index in [1.807, 2.05) is 0 Å². The molecule has 0 saturated heterocycles. The molecule has 3 rings (SSSR count). The fourth-order valence-corrected chi connectivity index (χ4v) is 2.40. The van der Waals surface area contributed by atoms with Gasteiger partial charge in [-0.05, 0) is 29.8 Å². The fourth-order valence-electron chi connectivity index (χ4n) is 2.40. The zero-order valence-electron chi connectivity index (χ0n) is 11.7. The Bertz CT molecular complexity index is 860. The first-order chi connectivity index (χ1) is 10.6. The number of phenols is 1. The molecule has 0 fully saturated rings. The molecule has 2 aromatic carbocycles. The lowest BCUT2D eigenvalue weighted by Crippen LogP contribution is -1.92. The van der Waals surface area contributed by atoms with Gasteiger partial charge in [0.25, 0.3) is 5.69 Å². The lowest BCUT2D eigenvalue weighted by molar-refractivity contribution is -0.384. The van der Waals surface area contributed by atoms with Gasteiger partial charge in [0.2, 0.25) is 5.88 Å². The maximum Gasteiger partial charge on any atom is 0.269 e. The monoisotopic (exact) mass is 296 g/mol. The largest absolute Gasteiger partial charge is 0.507 e. The molecule has 0 aliphatic heterocycles. The number of fused-ring (bicyclic) bond motifs is 1. The average molecular weight is 296 g/mol. The Morgan fingerprint density at radius 1 is 1.18 bits per heavy atom. The van der Waals surface area contributed by atoms with Crippen molar-refractivity contribution in [3.8, 4) is 22.8 Å². The van der Waals surface area contributed by atoms with Gasteiger partial charge in [0, 0.05) is 34.7 Å². The van der Waals surface area contributed by atoms with Crippen LogP contribution in [0.3, 0.4) is 0 Å². The van der Waals surface area contributed by atoms with Crippen molar-refractivity contribution in [3.63, 3.8) is 0 Å². The van der Waals surface area contributed by atoms with Crippen LogP contribution in [0.15, 0.2) is 48.7 Å². The van der Waals surface area contributed by atoms with Gasteiger partial charge < -0.3 is 9.84 Å². The second-order valence-electron chi connectivity index (χ2n) is 4.68. The quantitative estimate of drug-likeness (QED) is 0.590. The molecule has 6 heteroatoms. The van der Waals surface area contributed by atoms with E-state index in [9.17, 15) is 15.2 Å². The molecule has 0 amide bonds. The molecule has 22 heavy (non-hydrogen) atoms. The number of rotatable bonds is 3. The summed E-state index contributed by atoms with van der Waals surface area (Å²) in [6.07, 6.45) is 1.59. The highest BCUT2D eigenvalue weighted by Crippen LogP contribution is 2.38. The van der Waals surface area contributed by atoms with E-state index in [1.165, 1.54) is 19.2 Å². The van der Waals surface area contributed by atoms with Crippen molar-refractivity contribution in [1.29, 1.82) is 0 Å². The van der Waals surface area contributed by atoms with Crippen LogP contribution < -0.4 is 4.74 Å². The third-order valence-corrected chi connectivity index (χ3v) is 3.44. The standard InChI is InChI=1S/C16H12N2O4/c1-22-16-12-3-2-4-14(19)15(12)13(9-17-16)10-5-7-11(8-6-10)18(20)21/h2-9,19H,1H3. The maximum atomic E-state index is 10.7. The average Bonchev–Trinajstić information content (AvgIpc) is 2.54. The number of phenolic OH excluding ortho intramolecular Hbond substituents is 1. The molecule has 110 valence electrons. The van der Waals surface area contributed by atoms with E-state index >= 15 is 0 Å². The third-order valence-electron chi connectivity index (χ3n) is 3.44. The van der Waals surface area contributed by atoms with E-state index in [2.05, 4.69) is 4.98 Å². The zero-order chi connectivity index (χ0) is 15.7. The molecule has 1 aromatic heterocycles. The number of non-ortho nitro benzene ring substituents is 1. The molecular formula is C16H12N2O4. The van der Waals surface area contributed by atoms with Crippen molar-refractivity contribution in [2.75, 3.05) is 7.11 Å². The van der Waals surface area contributed by atoms with E-state index in [4.69, 9.17) is 4.74 Å². The number of aromatic nitrogens is 1. The Kier molecular flexibility index (Phi) is 3.34. The van der Waals surface area contributed by atoms with E-state index < -0.39 is 4.92 Å². The first-order valence-electron chi connectivity index (χ1n) is 6.51. The van der Waals surface area contributed by atoms with Crippen LogP contribution in [0.1, 0.15) is 0 Å². The van der Waals surface area contributed by atoms with Gasteiger partial charge in [-0.15, -0.1) is 0 Å². The summed E-state index contributed by atoms with van der Waals surface area (Å²) in [5.41, 5.74) is 1.43. The molecule has 0 saturated carbocycles. The van der Waals surface area contributed by atoms with Crippen molar-refractivity contribution in [3.05, 3.63) is 58.8 Å². The lowest BCUT2D eigenvalue weighted by atomic mass is 10.00. The van der Waals surface area contributed by atoms with Gasteiger partial charge in [-0.2, -0.15) is 0 Å². The molecule has 0 atom stereocenters. The van der Waals surface area contributed by atoms with Gasteiger partial charge in [0.1, 0.15) is 5.75 Å². The SMILES string of the molecule is COc1ncc(-c2ccc([N+](=O)[O-])cc2)c2c(O)cccc12. The second kappa shape index (κ2) is 5.33. The molecule has 3 aromatic rings. The summed E-state index contributed by atoms with van der Waals surface area (Å²) in [5.74, 6) is 0.517. The Labute approximate surface area is 125 Å². The van der Waals surface area contributed by atoms with Gasteiger partial charge in [-0.1, -0.05) is 6.07 Å². The highest BCUT2D eigenvalue weighted by Gasteiger charge is 2.14. The molecule has 6 nitrogen and oxygen atoms in total. The Morgan fingerprint density at radius 2 is 1.91 bits per heavy atom. The van der Waals surface area contributed by atoms with E-state index in [-0.39, 0.29) is 11.4 Å². The van der Waals surface area contributed by atoms with Gasteiger partial charge in [-0.25, -0.2) is 4.98 Å². The summed E-state index contributed by atoms with van der Waals surface area (Å²) in [5, 5.41) is 22.2. The topological polar surface area (TPSA) is 85.5 Å². The first-order valence-corrected chi connectivity index (χ1v) is 6.51. The van der Waals surface area contributed by atoms with Crippen LogP contribution in [0.4, 0.5) is 5.69 Å². The molecular weight excluding hydrogens is 284 g/mol. The number of ether oxygens (including phenoxy) is 1. The highest BCUT2D eigenvalue weighted by molar-refractivity contribution is 6.02. The number of methoxy groups -OCH3 is 1. The van der Waals surface area contributed by atoms with Crippen molar-refractivity contribution in [2.45, 2.75) is 0 Å². The molecule has 0 aliphatic rings. The van der Waals surface area contributed by atoms with Crippen molar-refractivity contribution in [2.24, 2.45) is 0 Å². The summed E-state index contributed by atoms with van der Waals surface area (Å²) in [4.78, 5) is 14.5. The minimum absolute atomic E-state index is 0.0127. The Hall–Kier alpha value is -3.15. The molecule has 0 spiro atoms. The van der Waals surface area contributed by atoms with Crippen LogP contribution in [-0.4, -0.2) is 22.1 Å². The number of hydrogen-bond donors (Lipinski definition) is 1. The van der Waals surface area contributed by atoms with Crippen LogP contribution in [0.5, 0.6) is 11.6 Å². The fraction of sp³-hybridized carbons (Fsp3) is 0.0625. The number of nitrogens with zero attached hydrogens (tertiary/aromatic N) is 2. The number of aromatic hydroxyl groups is 1. The number of benzene rings is 2. The van der Waals surface area contributed by atoms with Crippen LogP contribution >= 0.6 is 0 Å². The molecule has 0 unspecified atom stereocenters. The zero-order valence-corrected chi connectivity index (χ0v) is 11.7. The van der Waals surface area contributed by atoms with Gasteiger partial charge in [0.05, 0.1) is 12.0 Å². The van der Waals surface area contributed by atoms with Crippen LogP contribution in [0.2, 0.25) is 0 Å². The van der Waals surface area contributed by atoms with Gasteiger partial charge in [-0.3, -0.25) is 10.1 Å². The second-order valence-corrected chi connectivity index (χ2v) is 4.68. The van der Waals surface area contributed by atoms with Crippen LogP contribution in [0, 0.1) is 10.1 Å². The summed E-state index contributed by atoms with van der Waals surface area (Å²) < 4.78 is 5.21. The summed E-state index contributed by atoms with van der Waals surface area (Å²) in [7, 11) is 1.51. The third kappa shape index (κ3) is 2.20. The van der Waals surface area contributed by atoms with Gasteiger partial charge >= 0.3 is 0 Å². The minimum Gasteiger partial charge on any atom is -0.507 e. The summed E-state index contributed by atoms with van der Waals surface area (Å²) in [6, 6.07) is 11.2. The molecule has 0 bridgehead atoms.